The van der Waals surface area contributed by atoms with Gasteiger partial charge < -0.3 is 20.7 Å². The molecule has 5 nitrogen and oxygen atoms in total. The van der Waals surface area contributed by atoms with Crippen LogP contribution in [-0.4, -0.2) is 34.8 Å². The molecule has 0 bridgehead atoms. The van der Waals surface area contributed by atoms with Gasteiger partial charge in [0.05, 0.1) is 5.60 Å². The number of fused-ring (bicyclic) bond motifs is 1. The van der Waals surface area contributed by atoms with E-state index in [1.807, 2.05) is 38.2 Å². The van der Waals surface area contributed by atoms with Gasteiger partial charge in [0.2, 0.25) is 0 Å². The molecule has 4 N–H and O–H groups in total. The van der Waals surface area contributed by atoms with Gasteiger partial charge in [-0.05, 0) is 30.9 Å². The van der Waals surface area contributed by atoms with Crippen LogP contribution in [0.1, 0.15) is 26.3 Å². The van der Waals surface area contributed by atoms with Crippen LogP contribution >= 0.6 is 0 Å². The van der Waals surface area contributed by atoms with Crippen LogP contribution in [-0.2, 0) is 6.42 Å². The topological polar surface area (TPSA) is 77.2 Å². The first-order chi connectivity index (χ1) is 10.4. The predicted molar refractivity (Wildman–Crippen MR) is 88.9 cm³/mol. The van der Waals surface area contributed by atoms with E-state index in [1.165, 1.54) is 10.9 Å². The molecule has 1 heterocycles. The van der Waals surface area contributed by atoms with E-state index in [9.17, 15) is 9.90 Å². The summed E-state index contributed by atoms with van der Waals surface area (Å²) in [6.07, 6.45) is 2.74. The number of hydrogen-bond acceptors (Lipinski definition) is 2. The van der Waals surface area contributed by atoms with Crippen molar-refractivity contribution in [3.05, 3.63) is 36.0 Å². The highest BCUT2D eigenvalue weighted by Crippen LogP contribution is 2.17. The van der Waals surface area contributed by atoms with Gasteiger partial charge in [-0.3, -0.25) is 0 Å². The molecule has 5 heteroatoms. The fraction of sp³-hybridized carbons (Fsp3) is 0.471. The number of hydrogen-bond donors (Lipinski definition) is 4. The van der Waals surface area contributed by atoms with Gasteiger partial charge in [0.1, 0.15) is 0 Å². The van der Waals surface area contributed by atoms with Crippen LogP contribution in [0.2, 0.25) is 0 Å². The highest BCUT2D eigenvalue weighted by Gasteiger charge is 2.25. The van der Waals surface area contributed by atoms with Gasteiger partial charge in [-0.2, -0.15) is 0 Å². The third-order valence-electron chi connectivity index (χ3n) is 4.21. The van der Waals surface area contributed by atoms with E-state index in [-0.39, 0.29) is 18.5 Å². The summed E-state index contributed by atoms with van der Waals surface area (Å²) in [5.74, 6) is 0.0824. The van der Waals surface area contributed by atoms with Crippen LogP contribution in [0.15, 0.2) is 30.5 Å². The van der Waals surface area contributed by atoms with Gasteiger partial charge in [0.15, 0.2) is 0 Å². The minimum absolute atomic E-state index is 0.0824. The first-order valence-corrected chi connectivity index (χ1v) is 7.69. The van der Waals surface area contributed by atoms with Crippen molar-refractivity contribution in [3.8, 4) is 0 Å². The maximum atomic E-state index is 11.8. The number of aromatic amines is 1. The second-order valence-electron chi connectivity index (χ2n) is 6.23. The molecule has 2 aromatic rings. The van der Waals surface area contributed by atoms with Crippen LogP contribution in [0.4, 0.5) is 4.79 Å². The summed E-state index contributed by atoms with van der Waals surface area (Å²) in [5, 5.41) is 16.8. The van der Waals surface area contributed by atoms with Crippen LogP contribution in [0.3, 0.4) is 0 Å². The minimum Gasteiger partial charge on any atom is -0.388 e. The van der Waals surface area contributed by atoms with Crippen LogP contribution in [0.25, 0.3) is 10.9 Å². The smallest absolute Gasteiger partial charge is 0.314 e. The second-order valence-corrected chi connectivity index (χ2v) is 6.23. The van der Waals surface area contributed by atoms with E-state index in [1.54, 1.807) is 6.92 Å². The molecule has 0 aliphatic carbocycles. The number of benzene rings is 1. The molecule has 1 aromatic heterocycles. The monoisotopic (exact) mass is 303 g/mol. The SMILES string of the molecule is CC(C)C(C)(O)CNC(=O)NCCc1c[nH]c2ccccc12. The first kappa shape index (κ1) is 16.4. The summed E-state index contributed by atoms with van der Waals surface area (Å²) in [7, 11) is 0. The number of carbonyl (C=O) groups excluding carboxylic acids is 1. The Hall–Kier alpha value is -2.01. The molecule has 1 aromatic carbocycles. The molecule has 0 aliphatic heterocycles. The van der Waals surface area contributed by atoms with Crippen LogP contribution in [0, 0.1) is 5.92 Å². The van der Waals surface area contributed by atoms with E-state index in [0.29, 0.717) is 6.54 Å². The second kappa shape index (κ2) is 6.83. The Kier molecular flexibility index (Phi) is 5.08. The lowest BCUT2D eigenvalue weighted by Gasteiger charge is -2.27. The Balaban J connectivity index is 1.78. The van der Waals surface area contributed by atoms with Gasteiger partial charge in [-0.1, -0.05) is 32.0 Å². The summed E-state index contributed by atoms with van der Waals surface area (Å²) in [5.41, 5.74) is 1.40. The Labute approximate surface area is 131 Å². The van der Waals surface area contributed by atoms with Crippen molar-refractivity contribution in [1.29, 1.82) is 0 Å². The highest BCUT2D eigenvalue weighted by molar-refractivity contribution is 5.83. The lowest BCUT2D eigenvalue weighted by Crippen LogP contribution is -2.47. The number of para-hydroxylation sites is 1. The van der Waals surface area contributed by atoms with Crippen molar-refractivity contribution in [3.63, 3.8) is 0 Å². The standard InChI is InChI=1S/C17H25N3O2/c1-12(2)17(3,22)11-20-16(21)18-9-8-13-10-19-15-7-5-4-6-14(13)15/h4-7,10,12,19,22H,8-9,11H2,1-3H3,(H2,18,20,21). The van der Waals surface area contributed by atoms with E-state index < -0.39 is 5.60 Å². The van der Waals surface area contributed by atoms with E-state index in [2.05, 4.69) is 21.7 Å². The zero-order valence-corrected chi connectivity index (χ0v) is 13.4. The third-order valence-corrected chi connectivity index (χ3v) is 4.21. The van der Waals surface area contributed by atoms with Gasteiger partial charge in [0.25, 0.3) is 0 Å². The van der Waals surface area contributed by atoms with E-state index in [0.717, 1.165) is 11.9 Å². The molecule has 0 radical (unpaired) electrons. The maximum Gasteiger partial charge on any atom is 0.314 e. The number of carbonyl (C=O) groups is 1. The Morgan fingerprint density at radius 3 is 2.77 bits per heavy atom. The number of amides is 2. The molecule has 0 fully saturated rings. The van der Waals surface area contributed by atoms with Gasteiger partial charge >= 0.3 is 6.03 Å². The number of aromatic nitrogens is 1. The van der Waals surface area contributed by atoms with E-state index >= 15 is 0 Å². The summed E-state index contributed by atoms with van der Waals surface area (Å²) >= 11 is 0. The van der Waals surface area contributed by atoms with Gasteiger partial charge in [0, 0.05) is 30.2 Å². The summed E-state index contributed by atoms with van der Waals surface area (Å²) in [6.45, 7) is 6.37. The molecule has 2 rings (SSSR count). The van der Waals surface area contributed by atoms with Crippen molar-refractivity contribution >= 4 is 16.9 Å². The fourth-order valence-electron chi connectivity index (χ4n) is 2.18. The first-order valence-electron chi connectivity index (χ1n) is 7.69. The zero-order chi connectivity index (χ0) is 16.2. The van der Waals surface area contributed by atoms with Crippen molar-refractivity contribution < 1.29 is 9.90 Å². The summed E-state index contributed by atoms with van der Waals surface area (Å²) in [6, 6.07) is 7.86. The molecular weight excluding hydrogens is 278 g/mol. The molecule has 0 saturated carbocycles. The molecule has 2 amide bonds. The lowest BCUT2D eigenvalue weighted by atomic mass is 9.93. The summed E-state index contributed by atoms with van der Waals surface area (Å²) in [4.78, 5) is 15.0. The van der Waals surface area contributed by atoms with Crippen LogP contribution in [0.5, 0.6) is 0 Å². The van der Waals surface area contributed by atoms with Gasteiger partial charge in [-0.15, -0.1) is 0 Å². The molecule has 1 unspecified atom stereocenters. The third kappa shape index (κ3) is 4.01. The minimum atomic E-state index is -0.895. The van der Waals surface area contributed by atoms with Crippen molar-refractivity contribution in [2.45, 2.75) is 32.8 Å². The maximum absolute atomic E-state index is 11.8. The molecule has 1 atom stereocenters. The molecule has 22 heavy (non-hydrogen) atoms. The normalized spacial score (nSPS) is 14.0. The number of urea groups is 1. The van der Waals surface area contributed by atoms with E-state index in [4.69, 9.17) is 0 Å². The highest BCUT2D eigenvalue weighted by atomic mass is 16.3. The Morgan fingerprint density at radius 1 is 1.32 bits per heavy atom. The summed E-state index contributed by atoms with van der Waals surface area (Å²) < 4.78 is 0. The fourth-order valence-corrected chi connectivity index (χ4v) is 2.18. The van der Waals surface area contributed by atoms with Gasteiger partial charge in [-0.25, -0.2) is 4.79 Å². The predicted octanol–water partition coefficient (Wildman–Crippen LogP) is 2.42. The van der Waals surface area contributed by atoms with Crippen molar-refractivity contribution in [2.24, 2.45) is 5.92 Å². The Bertz CT molecular complexity index is 632. The average molecular weight is 303 g/mol. The molecule has 120 valence electrons. The van der Waals surface area contributed by atoms with Crippen molar-refractivity contribution in [1.82, 2.24) is 15.6 Å². The zero-order valence-electron chi connectivity index (χ0n) is 13.4. The number of aliphatic hydroxyl groups is 1. The lowest BCUT2D eigenvalue weighted by molar-refractivity contribution is 0.0166. The molecule has 0 saturated heterocycles. The molecule has 0 spiro atoms. The average Bonchev–Trinajstić information content (AvgIpc) is 2.89. The number of rotatable bonds is 6. The number of H-pyrrole nitrogens is 1. The largest absolute Gasteiger partial charge is 0.388 e. The Morgan fingerprint density at radius 2 is 2.05 bits per heavy atom. The quantitative estimate of drug-likeness (QED) is 0.661. The molecule has 0 aliphatic rings. The van der Waals surface area contributed by atoms with Crippen LogP contribution < -0.4 is 10.6 Å². The molecular formula is C17H25N3O2. The van der Waals surface area contributed by atoms with Crippen molar-refractivity contribution in [2.75, 3.05) is 13.1 Å². The number of nitrogens with one attached hydrogen (secondary N) is 3.